The van der Waals surface area contributed by atoms with Crippen LogP contribution < -0.4 is 21.5 Å². The van der Waals surface area contributed by atoms with Crippen LogP contribution in [0.5, 0.6) is 5.75 Å². The molecule has 11 nitrogen and oxygen atoms in total. The number of aliphatic hydroxyl groups excluding tert-OH is 1. The van der Waals surface area contributed by atoms with Gasteiger partial charge in [-0.25, -0.2) is 4.79 Å². The van der Waals surface area contributed by atoms with E-state index in [4.69, 9.17) is 16.3 Å². The molecule has 1 aliphatic rings. The van der Waals surface area contributed by atoms with Crippen molar-refractivity contribution in [1.29, 1.82) is 0 Å². The van der Waals surface area contributed by atoms with E-state index in [9.17, 15) is 24.6 Å². The van der Waals surface area contributed by atoms with Gasteiger partial charge in [0.15, 0.2) is 0 Å². The first-order valence-corrected chi connectivity index (χ1v) is 17.6. The maximum Gasteiger partial charge on any atom is 0.412 e. The molecule has 1 atom stereocenters. The van der Waals surface area contributed by atoms with Crippen LogP contribution >= 0.6 is 11.6 Å². The Hall–Kier alpha value is -5.20. The summed E-state index contributed by atoms with van der Waals surface area (Å²) in [5, 5.41) is 30.9. The number of pyridine rings is 1. The lowest BCUT2D eigenvalue weighted by atomic mass is 9.93. The number of aromatic amines is 1. The number of benzene rings is 4. The summed E-state index contributed by atoms with van der Waals surface area (Å²) in [7, 11) is 0. The number of halogens is 1. The highest BCUT2D eigenvalue weighted by Crippen LogP contribution is 2.31. The molecule has 0 unspecified atom stereocenters. The number of aromatic hydroxyl groups is 1. The second-order valence-corrected chi connectivity index (χ2v) is 13.7. The molecule has 4 aromatic carbocycles. The highest BCUT2D eigenvalue weighted by molar-refractivity contribution is 6.33. The molecule has 0 aliphatic carbocycles. The molecular formula is C40H42ClN5O6. The van der Waals surface area contributed by atoms with Crippen molar-refractivity contribution in [2.45, 2.75) is 44.4 Å². The van der Waals surface area contributed by atoms with E-state index in [2.05, 4.69) is 25.8 Å². The number of nitrogens with zero attached hydrogens (tertiary/aromatic N) is 1. The van der Waals surface area contributed by atoms with Crippen molar-refractivity contribution in [2.24, 2.45) is 0 Å². The molecule has 0 bridgehead atoms. The lowest BCUT2D eigenvalue weighted by molar-refractivity contribution is -0.116. The van der Waals surface area contributed by atoms with E-state index >= 15 is 0 Å². The van der Waals surface area contributed by atoms with Gasteiger partial charge in [-0.3, -0.25) is 14.9 Å². The monoisotopic (exact) mass is 723 g/mol. The zero-order chi connectivity index (χ0) is 36.7. The third-order valence-corrected chi connectivity index (χ3v) is 9.71. The minimum absolute atomic E-state index is 0.0664. The molecule has 0 radical (unpaired) electrons. The first-order valence-electron chi connectivity index (χ1n) is 17.3. The molecule has 2 heterocycles. The second kappa shape index (κ2) is 16.4. The molecule has 52 heavy (non-hydrogen) atoms. The standard InChI is InChI=1S/C40H42ClN5O6/c1-40(52-39(51)44-32-10-6-5-9-28(32)27-7-3-2-4-8-27)18-21-46(22-19-40)20-17-37(50)43-33-14-11-26(23-31(33)41)24-42-25-35(48)29-12-15-34(47)38-30(29)13-16-36(49)45-38/h2-16,23,35,42,47-48H,17-22,24-25H2,1H3,(H,43,50)(H,44,51)(H,45,49)/t35-/m1/s1. The van der Waals surface area contributed by atoms with E-state index in [1.165, 1.54) is 12.1 Å². The summed E-state index contributed by atoms with van der Waals surface area (Å²) < 4.78 is 5.92. The van der Waals surface area contributed by atoms with Gasteiger partial charge in [0.05, 0.1) is 28.0 Å². The van der Waals surface area contributed by atoms with Gasteiger partial charge in [0.1, 0.15) is 11.4 Å². The summed E-state index contributed by atoms with van der Waals surface area (Å²) in [6.07, 6.45) is 0.195. The van der Waals surface area contributed by atoms with Crippen molar-refractivity contribution in [3.63, 3.8) is 0 Å². The lowest BCUT2D eigenvalue weighted by Crippen LogP contribution is -2.46. The molecule has 1 aliphatic heterocycles. The van der Waals surface area contributed by atoms with Crippen LogP contribution in [0.25, 0.3) is 22.0 Å². The predicted octanol–water partition coefficient (Wildman–Crippen LogP) is 6.81. The molecule has 270 valence electrons. The Morgan fingerprint density at radius 2 is 1.69 bits per heavy atom. The normalized spacial score (nSPS) is 14.8. The minimum Gasteiger partial charge on any atom is -0.506 e. The van der Waals surface area contributed by atoms with Crippen LogP contribution in [0.15, 0.2) is 102 Å². The van der Waals surface area contributed by atoms with Crippen LogP contribution in [0.4, 0.5) is 16.2 Å². The molecule has 1 fully saturated rings. The molecule has 5 aromatic rings. The molecule has 0 spiro atoms. The number of hydrogen-bond acceptors (Lipinski definition) is 8. The van der Waals surface area contributed by atoms with Crippen LogP contribution in [-0.2, 0) is 16.1 Å². The Bertz CT molecular complexity index is 2100. The summed E-state index contributed by atoms with van der Waals surface area (Å²) >= 11 is 6.51. The van der Waals surface area contributed by atoms with Crippen LogP contribution in [0.2, 0.25) is 5.02 Å². The SMILES string of the molecule is CC1(OC(=O)Nc2ccccc2-c2ccccc2)CCN(CCC(=O)Nc2ccc(CNC[C@@H](O)c3ccc(O)c4[nH]c(=O)ccc34)cc2Cl)CC1. The highest BCUT2D eigenvalue weighted by Gasteiger charge is 2.34. The quantitative estimate of drug-likeness (QED) is 0.0821. The molecular weight excluding hydrogens is 682 g/mol. The summed E-state index contributed by atoms with van der Waals surface area (Å²) in [6.45, 7) is 4.53. The van der Waals surface area contributed by atoms with Crippen LogP contribution in [0, 0.1) is 0 Å². The zero-order valence-corrected chi connectivity index (χ0v) is 29.6. The van der Waals surface area contributed by atoms with Gasteiger partial charge in [0.2, 0.25) is 11.5 Å². The number of fused-ring (bicyclic) bond motifs is 1. The number of rotatable bonds is 12. The van der Waals surface area contributed by atoms with E-state index in [-0.39, 0.29) is 35.7 Å². The minimum atomic E-state index is -0.892. The summed E-state index contributed by atoms with van der Waals surface area (Å²) in [5.74, 6) is -0.220. The number of carbonyl (C=O) groups excluding carboxylic acids is 2. The number of phenolic OH excluding ortho intramolecular Hbond substituents is 1. The van der Waals surface area contributed by atoms with Gasteiger partial charge < -0.3 is 35.5 Å². The third-order valence-electron chi connectivity index (χ3n) is 9.40. The summed E-state index contributed by atoms with van der Waals surface area (Å²) in [4.78, 5) is 42.3. The van der Waals surface area contributed by atoms with Gasteiger partial charge in [0, 0.05) is 56.2 Å². The fourth-order valence-electron chi connectivity index (χ4n) is 6.43. The average molecular weight is 724 g/mol. The number of amides is 2. The second-order valence-electron chi connectivity index (χ2n) is 13.3. The van der Waals surface area contributed by atoms with Gasteiger partial charge in [-0.1, -0.05) is 72.3 Å². The number of carbonyl (C=O) groups is 2. The van der Waals surface area contributed by atoms with Gasteiger partial charge >= 0.3 is 6.09 Å². The smallest absolute Gasteiger partial charge is 0.412 e. The Kier molecular flexibility index (Phi) is 11.6. The van der Waals surface area contributed by atoms with Crippen molar-refractivity contribution in [2.75, 3.05) is 36.8 Å². The van der Waals surface area contributed by atoms with E-state index in [0.29, 0.717) is 66.4 Å². The molecule has 1 aromatic heterocycles. The van der Waals surface area contributed by atoms with Gasteiger partial charge in [-0.15, -0.1) is 0 Å². The van der Waals surface area contributed by atoms with Crippen molar-refractivity contribution in [3.05, 3.63) is 124 Å². The topological polar surface area (TPSA) is 156 Å². The maximum absolute atomic E-state index is 12.9. The molecule has 6 N–H and O–H groups in total. The number of ether oxygens (including phenoxy) is 1. The fraction of sp³-hybridized carbons (Fsp3) is 0.275. The van der Waals surface area contributed by atoms with Crippen molar-refractivity contribution >= 4 is 45.9 Å². The lowest BCUT2D eigenvalue weighted by Gasteiger charge is -2.38. The van der Waals surface area contributed by atoms with Crippen LogP contribution in [0.3, 0.4) is 0 Å². The zero-order valence-electron chi connectivity index (χ0n) is 28.8. The van der Waals surface area contributed by atoms with Gasteiger partial charge in [-0.2, -0.15) is 0 Å². The molecule has 1 saturated heterocycles. The Morgan fingerprint density at radius 1 is 0.942 bits per heavy atom. The number of aliphatic hydroxyl groups is 1. The van der Waals surface area contributed by atoms with Crippen LogP contribution in [-0.4, -0.2) is 63.9 Å². The first-order chi connectivity index (χ1) is 25.1. The van der Waals surface area contributed by atoms with E-state index in [1.807, 2.05) is 67.6 Å². The number of aromatic nitrogens is 1. The van der Waals surface area contributed by atoms with E-state index in [0.717, 1.165) is 16.7 Å². The highest BCUT2D eigenvalue weighted by atomic mass is 35.5. The average Bonchev–Trinajstić information content (AvgIpc) is 3.13. The van der Waals surface area contributed by atoms with Crippen molar-refractivity contribution in [1.82, 2.24) is 15.2 Å². The largest absolute Gasteiger partial charge is 0.506 e. The fourth-order valence-corrected chi connectivity index (χ4v) is 6.68. The maximum atomic E-state index is 12.9. The Morgan fingerprint density at radius 3 is 2.46 bits per heavy atom. The predicted molar refractivity (Wildman–Crippen MR) is 204 cm³/mol. The Labute approximate surface area is 306 Å². The van der Waals surface area contributed by atoms with E-state index < -0.39 is 17.8 Å². The molecule has 6 rings (SSSR count). The number of para-hydroxylation sites is 1. The van der Waals surface area contributed by atoms with Crippen molar-refractivity contribution in [3.8, 4) is 16.9 Å². The number of phenols is 1. The Balaban J connectivity index is 0.923. The van der Waals surface area contributed by atoms with Crippen LogP contribution in [0.1, 0.15) is 43.4 Å². The molecule has 12 heteroatoms. The molecule has 2 amide bonds. The molecule has 0 saturated carbocycles. The van der Waals surface area contributed by atoms with Gasteiger partial charge in [0.25, 0.3) is 0 Å². The number of likely N-dealkylation sites (tertiary alicyclic amines) is 1. The number of anilines is 2. The summed E-state index contributed by atoms with van der Waals surface area (Å²) in [5.41, 5.74) is 3.88. The van der Waals surface area contributed by atoms with E-state index in [1.54, 1.807) is 24.3 Å². The summed E-state index contributed by atoms with van der Waals surface area (Å²) in [6, 6.07) is 28.9. The first kappa shape index (κ1) is 36.6. The number of H-pyrrole nitrogens is 1. The van der Waals surface area contributed by atoms with Crippen molar-refractivity contribution < 1.29 is 24.5 Å². The third kappa shape index (κ3) is 9.17. The number of hydrogen-bond donors (Lipinski definition) is 6. The number of nitrogens with one attached hydrogen (secondary N) is 4. The number of piperidine rings is 1. The van der Waals surface area contributed by atoms with Gasteiger partial charge in [-0.05, 0) is 66.8 Å².